The first kappa shape index (κ1) is 12.6. The van der Waals surface area contributed by atoms with E-state index in [0.29, 0.717) is 11.9 Å². The van der Waals surface area contributed by atoms with Gasteiger partial charge < -0.3 is 16.2 Å². The van der Waals surface area contributed by atoms with Gasteiger partial charge in [-0.3, -0.25) is 0 Å². The van der Waals surface area contributed by atoms with Gasteiger partial charge in [-0.25, -0.2) is 4.98 Å². The molecule has 0 aromatic carbocycles. The van der Waals surface area contributed by atoms with Crippen LogP contribution < -0.4 is 11.1 Å². The molecule has 1 fully saturated rings. The highest BCUT2D eigenvalue weighted by atomic mass is 32.1. The number of nitrogens with zero attached hydrogens (tertiary/aromatic N) is 2. The Hall–Kier alpha value is -1.40. The second-order valence-corrected chi connectivity index (χ2v) is 6.38. The smallest absolute Gasteiger partial charge is 0.223 e. The van der Waals surface area contributed by atoms with Crippen LogP contribution in [0.2, 0.25) is 0 Å². The first-order valence-electron chi connectivity index (χ1n) is 6.59. The summed E-state index contributed by atoms with van der Waals surface area (Å²) in [6.45, 7) is 2.79. The average molecular weight is 278 g/mol. The molecule has 3 rings (SSSR count). The lowest BCUT2D eigenvalue weighted by Crippen LogP contribution is -2.22. The molecule has 0 radical (unpaired) electrons. The molecule has 0 aliphatic heterocycles. The lowest BCUT2D eigenvalue weighted by molar-refractivity contribution is 0.138. The molecule has 0 amide bonds. The Kier molecular flexibility index (Phi) is 3.28. The maximum Gasteiger partial charge on any atom is 0.223 e. The molecule has 6 heteroatoms. The van der Waals surface area contributed by atoms with E-state index >= 15 is 0 Å². The van der Waals surface area contributed by atoms with Crippen molar-refractivity contribution in [3.63, 3.8) is 0 Å². The van der Waals surface area contributed by atoms with E-state index in [0.717, 1.165) is 41.8 Å². The molecule has 19 heavy (non-hydrogen) atoms. The minimum atomic E-state index is -0.189. The van der Waals surface area contributed by atoms with Crippen molar-refractivity contribution >= 4 is 33.3 Å². The number of hydrogen-bond acceptors (Lipinski definition) is 6. The van der Waals surface area contributed by atoms with E-state index in [4.69, 9.17) is 5.73 Å². The van der Waals surface area contributed by atoms with Crippen molar-refractivity contribution < 1.29 is 5.11 Å². The van der Waals surface area contributed by atoms with Crippen LogP contribution in [0, 0.1) is 12.8 Å². The normalized spacial score (nSPS) is 23.1. The van der Waals surface area contributed by atoms with Gasteiger partial charge in [0.05, 0.1) is 11.5 Å². The summed E-state index contributed by atoms with van der Waals surface area (Å²) in [5.74, 6) is 1.39. The largest absolute Gasteiger partial charge is 0.393 e. The average Bonchev–Trinajstić information content (AvgIpc) is 2.91. The monoisotopic (exact) mass is 278 g/mol. The second-order valence-electron chi connectivity index (χ2n) is 5.15. The maximum atomic E-state index is 9.84. The fourth-order valence-corrected chi connectivity index (χ4v) is 3.56. The van der Waals surface area contributed by atoms with E-state index < -0.39 is 0 Å². The van der Waals surface area contributed by atoms with E-state index in [9.17, 15) is 5.11 Å². The van der Waals surface area contributed by atoms with Crippen molar-refractivity contribution in [2.75, 3.05) is 17.6 Å². The highest BCUT2D eigenvalue weighted by molar-refractivity contribution is 7.18. The van der Waals surface area contributed by atoms with E-state index in [1.165, 1.54) is 4.88 Å². The van der Waals surface area contributed by atoms with Crippen LogP contribution in [0.4, 0.5) is 11.8 Å². The molecule has 102 valence electrons. The summed E-state index contributed by atoms with van der Waals surface area (Å²) in [6.07, 6.45) is 2.89. The highest BCUT2D eigenvalue weighted by Gasteiger charge is 2.25. The minimum absolute atomic E-state index is 0.189. The Labute approximate surface area is 115 Å². The Morgan fingerprint density at radius 2 is 2.32 bits per heavy atom. The molecule has 4 N–H and O–H groups in total. The summed E-state index contributed by atoms with van der Waals surface area (Å²) in [4.78, 5) is 10.6. The molecular weight excluding hydrogens is 260 g/mol. The number of aliphatic hydroxyl groups excluding tert-OH is 1. The summed E-state index contributed by atoms with van der Waals surface area (Å²) >= 11 is 1.62. The van der Waals surface area contributed by atoms with Crippen molar-refractivity contribution in [1.29, 1.82) is 0 Å². The van der Waals surface area contributed by atoms with Gasteiger partial charge in [0, 0.05) is 17.3 Å². The number of aryl methyl sites for hydroxylation is 1. The summed E-state index contributed by atoms with van der Waals surface area (Å²) in [5, 5.41) is 14.2. The number of nitrogen functional groups attached to an aromatic ring is 1. The molecule has 0 spiro atoms. The van der Waals surface area contributed by atoms with Gasteiger partial charge in [-0.05, 0) is 25.8 Å². The zero-order chi connectivity index (χ0) is 13.4. The Bertz CT molecular complexity index is 598. The molecule has 2 aromatic rings. The van der Waals surface area contributed by atoms with Gasteiger partial charge in [-0.2, -0.15) is 4.98 Å². The molecule has 0 saturated heterocycles. The Morgan fingerprint density at radius 3 is 3.05 bits per heavy atom. The van der Waals surface area contributed by atoms with Crippen LogP contribution >= 0.6 is 11.3 Å². The number of fused-ring (bicyclic) bond motifs is 1. The number of nitrogens with two attached hydrogens (primary N) is 1. The number of nitrogens with one attached hydrogen (secondary N) is 1. The highest BCUT2D eigenvalue weighted by Crippen LogP contribution is 2.30. The van der Waals surface area contributed by atoms with Crippen molar-refractivity contribution in [1.82, 2.24) is 9.97 Å². The molecule has 2 atom stereocenters. The maximum absolute atomic E-state index is 9.84. The molecule has 1 aliphatic rings. The molecule has 2 unspecified atom stereocenters. The van der Waals surface area contributed by atoms with Gasteiger partial charge in [0.15, 0.2) is 0 Å². The zero-order valence-electron chi connectivity index (χ0n) is 10.9. The quantitative estimate of drug-likeness (QED) is 0.801. The van der Waals surface area contributed by atoms with Gasteiger partial charge in [0.2, 0.25) is 5.95 Å². The van der Waals surface area contributed by atoms with E-state index in [1.54, 1.807) is 11.3 Å². The van der Waals surface area contributed by atoms with Crippen LogP contribution in [0.3, 0.4) is 0 Å². The predicted molar refractivity (Wildman–Crippen MR) is 78.4 cm³/mol. The van der Waals surface area contributed by atoms with Crippen molar-refractivity contribution in [3.8, 4) is 0 Å². The number of rotatable bonds is 3. The Balaban J connectivity index is 1.83. The lowest BCUT2D eigenvalue weighted by Gasteiger charge is -2.15. The van der Waals surface area contributed by atoms with E-state index in [-0.39, 0.29) is 6.10 Å². The topological polar surface area (TPSA) is 84.1 Å². The van der Waals surface area contributed by atoms with E-state index in [2.05, 4.69) is 21.4 Å². The van der Waals surface area contributed by atoms with Crippen molar-refractivity contribution in [3.05, 3.63) is 10.9 Å². The van der Waals surface area contributed by atoms with Crippen LogP contribution in [0.5, 0.6) is 0 Å². The minimum Gasteiger partial charge on any atom is -0.393 e. The molecular formula is C13H18N4OS. The fraction of sp³-hybridized carbons (Fsp3) is 0.538. The van der Waals surface area contributed by atoms with Crippen molar-refractivity contribution in [2.24, 2.45) is 5.92 Å². The fourth-order valence-electron chi connectivity index (χ4n) is 2.68. The van der Waals surface area contributed by atoms with Gasteiger partial charge >= 0.3 is 0 Å². The summed E-state index contributed by atoms with van der Waals surface area (Å²) in [5.41, 5.74) is 5.74. The number of thiophene rings is 1. The number of anilines is 2. The van der Waals surface area contributed by atoms with Crippen LogP contribution in [0.1, 0.15) is 24.1 Å². The predicted octanol–water partition coefficient (Wildman–Crippen LogP) is 2.15. The van der Waals surface area contributed by atoms with Crippen LogP contribution in [0.25, 0.3) is 10.2 Å². The third kappa shape index (κ3) is 2.50. The molecule has 5 nitrogen and oxygen atoms in total. The first-order valence-corrected chi connectivity index (χ1v) is 7.41. The van der Waals surface area contributed by atoms with Crippen LogP contribution in [-0.4, -0.2) is 27.7 Å². The van der Waals surface area contributed by atoms with Gasteiger partial charge in [-0.1, -0.05) is 6.42 Å². The molecule has 2 aromatic heterocycles. The summed E-state index contributed by atoms with van der Waals surface area (Å²) in [6, 6.07) is 2.08. The second kappa shape index (κ2) is 4.94. The van der Waals surface area contributed by atoms with Crippen LogP contribution in [-0.2, 0) is 0 Å². The summed E-state index contributed by atoms with van der Waals surface area (Å²) < 4.78 is 0. The third-order valence-electron chi connectivity index (χ3n) is 3.68. The van der Waals surface area contributed by atoms with Gasteiger partial charge in [0.1, 0.15) is 10.6 Å². The van der Waals surface area contributed by atoms with E-state index in [1.807, 2.05) is 6.92 Å². The SMILES string of the molecule is Cc1cc2c(NCC3CCCC3O)nc(N)nc2s1. The van der Waals surface area contributed by atoms with Gasteiger partial charge in [0.25, 0.3) is 0 Å². The lowest BCUT2D eigenvalue weighted by atomic mass is 10.1. The molecule has 1 saturated carbocycles. The first-order chi connectivity index (χ1) is 9.13. The molecule has 2 heterocycles. The standard InChI is InChI=1S/C13H18N4OS/c1-7-5-9-11(16-13(14)17-12(9)19-7)15-6-8-3-2-4-10(8)18/h5,8,10,18H,2-4,6H2,1H3,(H3,14,15,16,17). The Morgan fingerprint density at radius 1 is 1.47 bits per heavy atom. The molecule has 0 bridgehead atoms. The summed E-state index contributed by atoms with van der Waals surface area (Å²) in [7, 11) is 0. The number of aromatic nitrogens is 2. The number of aliphatic hydroxyl groups is 1. The van der Waals surface area contributed by atoms with Crippen LogP contribution in [0.15, 0.2) is 6.07 Å². The third-order valence-corrected chi connectivity index (χ3v) is 4.63. The zero-order valence-corrected chi connectivity index (χ0v) is 11.7. The molecule has 1 aliphatic carbocycles. The number of hydrogen-bond donors (Lipinski definition) is 3. The van der Waals surface area contributed by atoms with Gasteiger partial charge in [-0.15, -0.1) is 11.3 Å². The van der Waals surface area contributed by atoms with Crippen molar-refractivity contribution in [2.45, 2.75) is 32.3 Å².